The van der Waals surface area contributed by atoms with Crippen molar-refractivity contribution in [2.75, 3.05) is 16.3 Å². The maximum Gasteiger partial charge on any atom is 0.238 e. The van der Waals surface area contributed by atoms with Crippen LogP contribution in [0.3, 0.4) is 0 Å². The Morgan fingerprint density at radius 2 is 2.00 bits per heavy atom. The van der Waals surface area contributed by atoms with Gasteiger partial charge in [0.25, 0.3) is 0 Å². The van der Waals surface area contributed by atoms with E-state index in [-0.39, 0.29) is 12.2 Å². The van der Waals surface area contributed by atoms with Gasteiger partial charge in [-0.05, 0) is 55.8 Å². The number of nitrogens with one attached hydrogen (secondary N) is 2. The van der Waals surface area contributed by atoms with E-state index in [0.29, 0.717) is 39.0 Å². The molecule has 4 rings (SSSR count). The standard InChI is InChI=1S/C21H24ClN5O3S/c1-31(2,29)27-13-10-16(22)19-18(11-13)24-12-25-20(19)26-17-4-3-9-23-21(17)30-15-7-5-14(28)6-8-15/h3-4,9-12,14-15,28H,1,5-8H2,2H3,(H,27,29)(H,24,25,26). The van der Waals surface area contributed by atoms with Gasteiger partial charge in [0.1, 0.15) is 23.9 Å². The van der Waals surface area contributed by atoms with Crippen molar-refractivity contribution in [1.29, 1.82) is 0 Å². The van der Waals surface area contributed by atoms with Crippen LogP contribution >= 0.6 is 11.6 Å². The molecular weight excluding hydrogens is 438 g/mol. The Labute approximate surface area is 186 Å². The molecule has 1 saturated carbocycles. The SMILES string of the molecule is C=S(C)(=O)Nc1cc(Cl)c2c(Nc3cccnc3OC3CCC(O)CC3)ncnc2c1. The highest BCUT2D eigenvalue weighted by Crippen LogP contribution is 2.35. The normalized spacial score (nSPS) is 20.7. The lowest BCUT2D eigenvalue weighted by Gasteiger charge is -2.26. The minimum absolute atomic E-state index is 0.00442. The highest BCUT2D eigenvalue weighted by molar-refractivity contribution is 8.00. The number of aliphatic hydroxyl groups excluding tert-OH is 1. The molecule has 3 aromatic rings. The van der Waals surface area contributed by atoms with Gasteiger partial charge in [0.05, 0.1) is 22.0 Å². The van der Waals surface area contributed by atoms with Crippen molar-refractivity contribution >= 4 is 55.3 Å². The van der Waals surface area contributed by atoms with Gasteiger partial charge in [-0.25, -0.2) is 19.2 Å². The van der Waals surface area contributed by atoms with Crippen LogP contribution in [0.15, 0.2) is 36.8 Å². The lowest BCUT2D eigenvalue weighted by Crippen LogP contribution is -2.27. The predicted octanol–water partition coefficient (Wildman–Crippen LogP) is 3.78. The molecule has 0 radical (unpaired) electrons. The molecule has 1 atom stereocenters. The number of aliphatic hydroxyl groups is 1. The average molecular weight is 462 g/mol. The first-order valence-corrected chi connectivity index (χ1v) is 12.4. The number of hydrogen-bond acceptors (Lipinski definition) is 7. The summed E-state index contributed by atoms with van der Waals surface area (Å²) in [5, 5.41) is 14.0. The Hall–Kier alpha value is -2.62. The van der Waals surface area contributed by atoms with Crippen molar-refractivity contribution in [2.24, 2.45) is 0 Å². The van der Waals surface area contributed by atoms with E-state index in [1.807, 2.05) is 6.07 Å². The van der Waals surface area contributed by atoms with Crippen molar-refractivity contribution < 1.29 is 14.1 Å². The van der Waals surface area contributed by atoms with Crippen LogP contribution in [-0.4, -0.2) is 48.6 Å². The second-order valence-corrected chi connectivity index (χ2v) is 10.3. The van der Waals surface area contributed by atoms with E-state index in [4.69, 9.17) is 16.3 Å². The molecule has 31 heavy (non-hydrogen) atoms. The predicted molar refractivity (Wildman–Crippen MR) is 126 cm³/mol. The summed E-state index contributed by atoms with van der Waals surface area (Å²) < 4.78 is 20.9. The maximum absolute atomic E-state index is 12.0. The number of nitrogens with zero attached hydrogens (tertiary/aromatic N) is 3. The van der Waals surface area contributed by atoms with Crippen LogP contribution < -0.4 is 14.8 Å². The second kappa shape index (κ2) is 8.86. The third-order valence-corrected chi connectivity index (χ3v) is 5.94. The van der Waals surface area contributed by atoms with E-state index in [1.54, 1.807) is 24.4 Å². The van der Waals surface area contributed by atoms with Crippen molar-refractivity contribution in [3.63, 3.8) is 0 Å². The van der Waals surface area contributed by atoms with Crippen LogP contribution in [0, 0.1) is 0 Å². The molecule has 0 bridgehead atoms. The van der Waals surface area contributed by atoms with E-state index in [1.165, 1.54) is 12.6 Å². The molecule has 0 saturated heterocycles. The van der Waals surface area contributed by atoms with Gasteiger partial charge >= 0.3 is 0 Å². The molecule has 1 unspecified atom stereocenters. The fraction of sp³-hybridized carbons (Fsp3) is 0.333. The molecule has 0 amide bonds. The number of anilines is 3. The lowest BCUT2D eigenvalue weighted by atomic mass is 9.95. The number of fused-ring (bicyclic) bond motifs is 1. The van der Waals surface area contributed by atoms with Crippen LogP contribution in [0.2, 0.25) is 5.02 Å². The molecule has 1 aliphatic carbocycles. The molecular formula is C21H24ClN5O3S. The van der Waals surface area contributed by atoms with Crippen LogP contribution in [-0.2, 0) is 9.71 Å². The zero-order valence-electron chi connectivity index (χ0n) is 17.0. The third-order valence-electron chi connectivity index (χ3n) is 4.97. The molecule has 2 heterocycles. The fourth-order valence-electron chi connectivity index (χ4n) is 3.57. The molecule has 2 aromatic heterocycles. The fourth-order valence-corrected chi connectivity index (χ4v) is 4.49. The zero-order valence-corrected chi connectivity index (χ0v) is 18.6. The largest absolute Gasteiger partial charge is 0.473 e. The summed E-state index contributed by atoms with van der Waals surface area (Å²) in [6.07, 6.45) is 7.36. The number of rotatable bonds is 6. The van der Waals surface area contributed by atoms with Crippen LogP contribution in [0.1, 0.15) is 25.7 Å². The number of pyridine rings is 1. The van der Waals surface area contributed by atoms with Gasteiger partial charge < -0.3 is 19.9 Å². The van der Waals surface area contributed by atoms with Gasteiger partial charge in [-0.3, -0.25) is 0 Å². The summed E-state index contributed by atoms with van der Waals surface area (Å²) in [6.45, 7) is 0. The van der Waals surface area contributed by atoms with E-state index >= 15 is 0 Å². The molecule has 10 heteroatoms. The van der Waals surface area contributed by atoms with Crippen molar-refractivity contribution in [3.8, 4) is 5.88 Å². The quantitative estimate of drug-likeness (QED) is 0.479. The Kier molecular flexibility index (Phi) is 6.17. The Morgan fingerprint density at radius 3 is 2.74 bits per heavy atom. The first-order valence-electron chi connectivity index (χ1n) is 9.89. The van der Waals surface area contributed by atoms with Gasteiger partial charge in [-0.15, -0.1) is 0 Å². The van der Waals surface area contributed by atoms with E-state index in [9.17, 15) is 9.32 Å². The lowest BCUT2D eigenvalue weighted by molar-refractivity contribution is 0.0647. The summed E-state index contributed by atoms with van der Waals surface area (Å²) in [7, 11) is -2.45. The highest BCUT2D eigenvalue weighted by Gasteiger charge is 2.22. The van der Waals surface area contributed by atoms with Crippen molar-refractivity contribution in [3.05, 3.63) is 41.8 Å². The Morgan fingerprint density at radius 1 is 1.23 bits per heavy atom. The van der Waals surface area contributed by atoms with Crippen molar-refractivity contribution in [2.45, 2.75) is 37.9 Å². The minimum Gasteiger partial charge on any atom is -0.473 e. The van der Waals surface area contributed by atoms with Gasteiger partial charge in [0.15, 0.2) is 0 Å². The van der Waals surface area contributed by atoms with Crippen LogP contribution in [0.4, 0.5) is 17.2 Å². The smallest absolute Gasteiger partial charge is 0.238 e. The summed E-state index contributed by atoms with van der Waals surface area (Å²) in [5.74, 6) is 4.57. The summed E-state index contributed by atoms with van der Waals surface area (Å²) in [6, 6.07) is 7.07. The molecule has 0 aliphatic heterocycles. The van der Waals surface area contributed by atoms with Crippen molar-refractivity contribution in [1.82, 2.24) is 15.0 Å². The number of ether oxygens (including phenoxy) is 1. The van der Waals surface area contributed by atoms with Gasteiger partial charge in [-0.2, -0.15) is 0 Å². The monoisotopic (exact) mass is 461 g/mol. The van der Waals surface area contributed by atoms with Gasteiger partial charge in [-0.1, -0.05) is 11.6 Å². The Balaban J connectivity index is 1.63. The van der Waals surface area contributed by atoms with E-state index in [0.717, 1.165) is 25.7 Å². The summed E-state index contributed by atoms with van der Waals surface area (Å²) in [5.41, 5.74) is 1.81. The van der Waals surface area contributed by atoms with Crippen LogP contribution in [0.25, 0.3) is 10.9 Å². The molecule has 1 aliphatic rings. The first-order chi connectivity index (χ1) is 14.8. The molecule has 3 N–H and O–H groups in total. The van der Waals surface area contributed by atoms with Gasteiger partial charge in [0, 0.05) is 27.8 Å². The van der Waals surface area contributed by atoms with E-state index < -0.39 is 9.71 Å². The van der Waals surface area contributed by atoms with Gasteiger partial charge in [0.2, 0.25) is 5.88 Å². The highest BCUT2D eigenvalue weighted by atomic mass is 35.5. The molecule has 8 nitrogen and oxygen atoms in total. The second-order valence-electron chi connectivity index (χ2n) is 7.71. The van der Waals surface area contributed by atoms with E-state index in [2.05, 4.69) is 30.9 Å². The molecule has 1 aromatic carbocycles. The Bertz CT molecular complexity index is 1200. The number of halogens is 1. The average Bonchev–Trinajstić information content (AvgIpc) is 2.70. The number of aromatic nitrogens is 3. The number of benzene rings is 1. The third kappa shape index (κ3) is 5.36. The number of hydrogen-bond donors (Lipinski definition) is 3. The summed E-state index contributed by atoms with van der Waals surface area (Å²) >= 11 is 6.53. The minimum atomic E-state index is -2.45. The molecule has 0 spiro atoms. The topological polar surface area (TPSA) is 109 Å². The maximum atomic E-state index is 12.0. The van der Waals surface area contributed by atoms with Crippen LogP contribution in [0.5, 0.6) is 5.88 Å². The zero-order chi connectivity index (χ0) is 22.0. The summed E-state index contributed by atoms with van der Waals surface area (Å²) in [4.78, 5) is 13.0. The first kappa shape index (κ1) is 21.6. The molecule has 164 valence electrons. The molecule has 1 fully saturated rings.